The number of halogens is 3. The number of nitrogens with one attached hydrogen (secondary N) is 3. The number of benzene rings is 1. The normalized spacial score (nSPS) is 18.6. The van der Waals surface area contributed by atoms with Crippen LogP contribution in [0.15, 0.2) is 24.3 Å². The first-order chi connectivity index (χ1) is 9.42. The van der Waals surface area contributed by atoms with E-state index in [1.165, 1.54) is 12.1 Å². The predicted molar refractivity (Wildman–Crippen MR) is 66.6 cm³/mol. The molecule has 1 saturated heterocycles. The van der Waals surface area contributed by atoms with Gasteiger partial charge in [0.2, 0.25) is 0 Å². The maximum absolute atomic E-state index is 12.0. The zero-order valence-corrected chi connectivity index (χ0v) is 10.5. The average molecular weight is 289 g/mol. The molecule has 2 amide bonds. The van der Waals surface area contributed by atoms with Crippen molar-refractivity contribution in [3.8, 4) is 5.75 Å². The zero-order chi connectivity index (χ0) is 14.6. The number of carbonyl (C=O) groups is 1. The maximum atomic E-state index is 12.0. The first-order valence-electron chi connectivity index (χ1n) is 6.06. The molecule has 1 aromatic carbocycles. The van der Waals surface area contributed by atoms with Gasteiger partial charge in [0.25, 0.3) is 0 Å². The number of rotatable bonds is 3. The molecule has 8 heteroatoms. The third-order valence-electron chi connectivity index (χ3n) is 2.74. The summed E-state index contributed by atoms with van der Waals surface area (Å²) < 4.78 is 39.6. The van der Waals surface area contributed by atoms with Gasteiger partial charge in [0.15, 0.2) is 0 Å². The molecule has 110 valence electrons. The summed E-state index contributed by atoms with van der Waals surface area (Å²) in [5, 5.41) is 8.41. The fourth-order valence-electron chi connectivity index (χ4n) is 1.87. The summed E-state index contributed by atoms with van der Waals surface area (Å²) in [7, 11) is 0. The fourth-order valence-corrected chi connectivity index (χ4v) is 1.87. The maximum Gasteiger partial charge on any atom is 0.573 e. The van der Waals surface area contributed by atoms with E-state index in [0.29, 0.717) is 12.2 Å². The third kappa shape index (κ3) is 4.61. The van der Waals surface area contributed by atoms with Crippen LogP contribution in [-0.4, -0.2) is 31.5 Å². The van der Waals surface area contributed by atoms with Crippen LogP contribution in [0.25, 0.3) is 0 Å². The average Bonchev–Trinajstić information content (AvgIpc) is 2.82. The Hall–Kier alpha value is -1.96. The van der Waals surface area contributed by atoms with Crippen molar-refractivity contribution in [2.45, 2.75) is 18.8 Å². The van der Waals surface area contributed by atoms with Crippen LogP contribution in [0.3, 0.4) is 0 Å². The lowest BCUT2D eigenvalue weighted by atomic mass is 10.2. The molecule has 5 nitrogen and oxygen atoms in total. The van der Waals surface area contributed by atoms with Gasteiger partial charge in [-0.2, -0.15) is 0 Å². The van der Waals surface area contributed by atoms with Crippen LogP contribution in [0.1, 0.15) is 6.42 Å². The molecule has 2 rings (SSSR count). The molecule has 0 spiro atoms. The molecule has 1 fully saturated rings. The quantitative estimate of drug-likeness (QED) is 0.798. The highest BCUT2D eigenvalue weighted by Crippen LogP contribution is 2.23. The Morgan fingerprint density at radius 1 is 1.30 bits per heavy atom. The van der Waals surface area contributed by atoms with Crippen LogP contribution >= 0.6 is 0 Å². The Balaban J connectivity index is 1.85. The second-order valence-corrected chi connectivity index (χ2v) is 4.36. The number of hydrogen-bond acceptors (Lipinski definition) is 3. The summed E-state index contributed by atoms with van der Waals surface area (Å²) in [6.45, 7) is 1.57. The van der Waals surface area contributed by atoms with Crippen molar-refractivity contribution in [1.29, 1.82) is 0 Å². The lowest BCUT2D eigenvalue weighted by molar-refractivity contribution is -0.274. The van der Waals surface area contributed by atoms with Crippen molar-refractivity contribution in [2.24, 2.45) is 0 Å². The minimum atomic E-state index is -4.72. The number of alkyl halides is 3. The molecule has 3 N–H and O–H groups in total. The lowest BCUT2D eigenvalue weighted by Gasteiger charge is -2.13. The first kappa shape index (κ1) is 14.4. The molecule has 0 bridgehead atoms. The van der Waals surface area contributed by atoms with E-state index in [-0.39, 0.29) is 17.8 Å². The molecule has 0 radical (unpaired) electrons. The number of carbonyl (C=O) groups excluding carboxylic acids is 1. The van der Waals surface area contributed by atoms with Gasteiger partial charge in [-0.3, -0.25) is 0 Å². The van der Waals surface area contributed by atoms with Gasteiger partial charge in [-0.1, -0.05) is 0 Å². The van der Waals surface area contributed by atoms with E-state index in [9.17, 15) is 18.0 Å². The molecular weight excluding hydrogens is 275 g/mol. The Morgan fingerprint density at radius 2 is 2.00 bits per heavy atom. The van der Waals surface area contributed by atoms with Crippen LogP contribution in [-0.2, 0) is 0 Å². The van der Waals surface area contributed by atoms with E-state index in [0.717, 1.165) is 25.1 Å². The minimum Gasteiger partial charge on any atom is -0.406 e. The topological polar surface area (TPSA) is 62.4 Å². The van der Waals surface area contributed by atoms with Crippen LogP contribution in [0.5, 0.6) is 5.75 Å². The summed E-state index contributed by atoms with van der Waals surface area (Å²) in [6.07, 6.45) is -3.87. The molecule has 1 aliphatic rings. The van der Waals surface area contributed by atoms with E-state index >= 15 is 0 Å². The van der Waals surface area contributed by atoms with Crippen molar-refractivity contribution in [3.63, 3.8) is 0 Å². The molecule has 0 saturated carbocycles. The molecule has 1 unspecified atom stereocenters. The molecule has 0 aromatic heterocycles. The summed E-state index contributed by atoms with van der Waals surface area (Å²) in [5.41, 5.74) is 0.392. The Labute approximate surface area is 113 Å². The van der Waals surface area contributed by atoms with Gasteiger partial charge < -0.3 is 20.7 Å². The lowest BCUT2D eigenvalue weighted by Crippen LogP contribution is -2.39. The number of amides is 2. The highest BCUT2D eigenvalue weighted by molar-refractivity contribution is 5.89. The predicted octanol–water partition coefficient (Wildman–Crippen LogP) is 2.07. The van der Waals surface area contributed by atoms with Crippen LogP contribution < -0.4 is 20.7 Å². The number of hydrogen-bond donors (Lipinski definition) is 3. The monoisotopic (exact) mass is 289 g/mol. The SMILES string of the molecule is O=C(Nc1ccc(OC(F)(F)F)cc1)NC1CCNC1. The second-order valence-electron chi connectivity index (χ2n) is 4.36. The zero-order valence-electron chi connectivity index (χ0n) is 10.5. The molecule has 1 aromatic rings. The largest absolute Gasteiger partial charge is 0.573 e. The Bertz CT molecular complexity index is 456. The highest BCUT2D eigenvalue weighted by Gasteiger charge is 2.30. The minimum absolute atomic E-state index is 0.0721. The van der Waals surface area contributed by atoms with Crippen molar-refractivity contribution in [2.75, 3.05) is 18.4 Å². The summed E-state index contributed by atoms with van der Waals surface area (Å²) in [5.74, 6) is -0.330. The Kier molecular flexibility index (Phi) is 4.33. The van der Waals surface area contributed by atoms with Crippen LogP contribution in [0, 0.1) is 0 Å². The summed E-state index contributed by atoms with van der Waals surface area (Å²) in [6, 6.07) is 4.65. The van der Waals surface area contributed by atoms with E-state index in [2.05, 4.69) is 20.7 Å². The van der Waals surface area contributed by atoms with E-state index < -0.39 is 6.36 Å². The van der Waals surface area contributed by atoms with Gasteiger partial charge in [0.1, 0.15) is 5.75 Å². The second kappa shape index (κ2) is 6.00. The first-order valence-corrected chi connectivity index (χ1v) is 6.06. The van der Waals surface area contributed by atoms with Gasteiger partial charge in [-0.15, -0.1) is 13.2 Å². The van der Waals surface area contributed by atoms with Crippen LogP contribution in [0.4, 0.5) is 23.7 Å². The Morgan fingerprint density at radius 3 is 2.55 bits per heavy atom. The summed E-state index contributed by atoms with van der Waals surface area (Å²) in [4.78, 5) is 11.6. The van der Waals surface area contributed by atoms with Gasteiger partial charge in [-0.05, 0) is 37.2 Å². The van der Waals surface area contributed by atoms with Crippen LogP contribution in [0.2, 0.25) is 0 Å². The van der Waals surface area contributed by atoms with E-state index in [4.69, 9.17) is 0 Å². The van der Waals surface area contributed by atoms with Gasteiger partial charge in [0.05, 0.1) is 0 Å². The van der Waals surface area contributed by atoms with E-state index in [1.54, 1.807) is 0 Å². The van der Waals surface area contributed by atoms with Crippen molar-refractivity contribution in [1.82, 2.24) is 10.6 Å². The third-order valence-corrected chi connectivity index (χ3v) is 2.74. The summed E-state index contributed by atoms with van der Waals surface area (Å²) >= 11 is 0. The number of urea groups is 1. The number of anilines is 1. The molecule has 20 heavy (non-hydrogen) atoms. The van der Waals surface area contributed by atoms with Gasteiger partial charge in [0, 0.05) is 18.3 Å². The van der Waals surface area contributed by atoms with Gasteiger partial charge in [-0.25, -0.2) is 4.79 Å². The standard InChI is InChI=1S/C12H14F3N3O2/c13-12(14,15)20-10-3-1-8(2-4-10)17-11(19)18-9-5-6-16-7-9/h1-4,9,16H,5-7H2,(H2,17,18,19). The molecule has 1 atom stereocenters. The van der Waals surface area contributed by atoms with Crippen molar-refractivity contribution < 1.29 is 22.7 Å². The fraction of sp³-hybridized carbons (Fsp3) is 0.417. The highest BCUT2D eigenvalue weighted by atomic mass is 19.4. The molecular formula is C12H14F3N3O2. The van der Waals surface area contributed by atoms with Crippen molar-refractivity contribution >= 4 is 11.7 Å². The van der Waals surface area contributed by atoms with Gasteiger partial charge >= 0.3 is 12.4 Å². The number of ether oxygens (including phenoxy) is 1. The van der Waals surface area contributed by atoms with Crippen molar-refractivity contribution in [3.05, 3.63) is 24.3 Å². The molecule has 0 aliphatic carbocycles. The smallest absolute Gasteiger partial charge is 0.406 e. The molecule has 1 aliphatic heterocycles. The van der Waals surface area contributed by atoms with E-state index in [1.807, 2.05) is 0 Å². The molecule has 1 heterocycles.